The number of allylic oxidation sites excluding steroid dienone is 4. The zero-order valence-electron chi connectivity index (χ0n) is 12.8. The maximum absolute atomic E-state index is 10.7. The quantitative estimate of drug-likeness (QED) is 0.255. The summed E-state index contributed by atoms with van der Waals surface area (Å²) in [5, 5.41) is 0. The molecule has 0 aromatic heterocycles. The Kier molecular flexibility index (Phi) is 7.17. The molecule has 0 N–H and O–H groups in total. The molecule has 0 bridgehead atoms. The van der Waals surface area contributed by atoms with Gasteiger partial charge in [0.25, 0.3) is 0 Å². The van der Waals surface area contributed by atoms with Gasteiger partial charge in [-0.1, -0.05) is 43.7 Å². The van der Waals surface area contributed by atoms with Crippen LogP contribution in [0.15, 0.2) is 48.6 Å². The van der Waals surface area contributed by atoms with E-state index in [-0.39, 0.29) is 0 Å². The second-order valence-electron chi connectivity index (χ2n) is 5.22. The number of hydrogen-bond donors (Lipinski definition) is 0. The van der Waals surface area contributed by atoms with E-state index < -0.39 is 7.81 Å². The molecule has 0 amide bonds. The second-order valence-corrected chi connectivity index (χ2v) is 7.87. The molecular formula is C15H19F6FeP. The molecule has 1 aromatic rings. The molecule has 1 aliphatic carbocycles. The molecule has 0 spiro atoms. The zero-order valence-corrected chi connectivity index (χ0v) is 14.8. The molecule has 0 unspecified atom stereocenters. The normalized spacial score (nSPS) is 16.8. The van der Waals surface area contributed by atoms with Crippen molar-refractivity contribution in [2.75, 3.05) is 0 Å². The van der Waals surface area contributed by atoms with E-state index in [4.69, 9.17) is 0 Å². The van der Waals surface area contributed by atoms with Gasteiger partial charge in [0.15, 0.2) is 0 Å². The van der Waals surface area contributed by atoms with Gasteiger partial charge in [-0.25, -0.2) is 0 Å². The summed E-state index contributed by atoms with van der Waals surface area (Å²) in [5.74, 6) is 0.653. The minimum atomic E-state index is -10.7. The average molecular weight is 400 g/mol. The fraction of sp³-hybridized carbons (Fsp3) is 0.333. The maximum atomic E-state index is 9.87. The van der Waals surface area contributed by atoms with E-state index in [1.807, 2.05) is 12.2 Å². The first kappa shape index (κ1) is 22.2. The van der Waals surface area contributed by atoms with Gasteiger partial charge < -0.3 is 0 Å². The fourth-order valence-electron chi connectivity index (χ4n) is 1.35. The summed E-state index contributed by atoms with van der Waals surface area (Å²) in [5.41, 5.74) is 2.76. The molecule has 0 aliphatic heterocycles. The first-order chi connectivity index (χ1) is 10.0. The van der Waals surface area contributed by atoms with Crippen molar-refractivity contribution >= 4 is 7.81 Å². The van der Waals surface area contributed by atoms with Crippen LogP contribution >= 0.6 is 7.81 Å². The summed E-state index contributed by atoms with van der Waals surface area (Å²) in [6, 6.07) is 8.71. The van der Waals surface area contributed by atoms with Crippen LogP contribution < -0.4 is 0 Å². The number of rotatable bonds is 1. The third-order valence-corrected chi connectivity index (χ3v) is 2.86. The van der Waals surface area contributed by atoms with E-state index in [1.54, 1.807) is 0 Å². The predicted octanol–water partition coefficient (Wildman–Crippen LogP) is 7.95. The van der Waals surface area contributed by atoms with Crippen molar-refractivity contribution in [1.29, 1.82) is 0 Å². The van der Waals surface area contributed by atoms with E-state index in [0.29, 0.717) is 10.7 Å². The Morgan fingerprint density at radius 1 is 0.870 bits per heavy atom. The van der Waals surface area contributed by atoms with E-state index in [2.05, 4.69) is 73.2 Å². The third-order valence-electron chi connectivity index (χ3n) is 2.44. The first-order valence-electron chi connectivity index (χ1n) is 6.65. The van der Waals surface area contributed by atoms with Crippen LogP contribution in [0.3, 0.4) is 0 Å². The summed E-state index contributed by atoms with van der Waals surface area (Å²) < 4.78 is 59.2. The molecular weight excluding hydrogens is 381 g/mol. The van der Waals surface area contributed by atoms with Crippen molar-refractivity contribution < 1.29 is 41.2 Å². The standard InChI is InChI=1S/C10H14.C5H5.F6P.Fe/c1-8(2)10-6-4-9(3)5-7-10;1-2-4-5-3-1;1-7(2,3,4,5)6;/h4-8H,1-3H3;1-5H;;/q;;-1;+1. The Bertz CT molecular complexity index is 520. The van der Waals surface area contributed by atoms with E-state index >= 15 is 0 Å². The molecule has 0 fully saturated rings. The number of halogens is 6. The molecule has 8 heteroatoms. The molecule has 0 saturated carbocycles. The number of benzene rings is 1. The molecule has 0 heterocycles. The van der Waals surface area contributed by atoms with E-state index in [1.165, 1.54) is 11.1 Å². The van der Waals surface area contributed by atoms with Gasteiger partial charge >= 0.3 is 78.1 Å². The monoisotopic (exact) mass is 400 g/mol. The summed E-state index contributed by atoms with van der Waals surface area (Å²) in [6.45, 7) is 6.54. The Balaban J connectivity index is 0.000000329. The van der Waals surface area contributed by atoms with Gasteiger partial charge in [-0.05, 0) is 18.4 Å². The molecule has 1 aliphatic rings. The number of hydrogen-bond acceptors (Lipinski definition) is 0. The van der Waals surface area contributed by atoms with Crippen molar-refractivity contribution in [1.82, 2.24) is 0 Å². The van der Waals surface area contributed by atoms with Gasteiger partial charge in [-0.2, -0.15) is 0 Å². The van der Waals surface area contributed by atoms with E-state index in [0.717, 1.165) is 0 Å². The van der Waals surface area contributed by atoms with Crippen LogP contribution in [-0.4, -0.2) is 0 Å². The Labute approximate surface area is 140 Å². The van der Waals surface area contributed by atoms with Crippen molar-refractivity contribution in [3.05, 3.63) is 59.7 Å². The molecule has 134 valence electrons. The molecule has 0 atom stereocenters. The van der Waals surface area contributed by atoms with Gasteiger partial charge in [0, 0.05) is 0 Å². The topological polar surface area (TPSA) is 0 Å². The van der Waals surface area contributed by atoms with Gasteiger partial charge in [0.1, 0.15) is 0 Å². The molecule has 23 heavy (non-hydrogen) atoms. The number of aryl methyl sites for hydroxylation is 1. The summed E-state index contributed by atoms with van der Waals surface area (Å²) in [6.07, 6.45) is 8.13. The Morgan fingerprint density at radius 2 is 1.22 bits per heavy atom. The fourth-order valence-corrected chi connectivity index (χ4v) is 1.60. The van der Waals surface area contributed by atoms with E-state index in [9.17, 15) is 25.2 Å². The van der Waals surface area contributed by atoms with Crippen LogP contribution in [0, 0.1) is 6.92 Å². The van der Waals surface area contributed by atoms with Crippen LogP contribution in [0.5, 0.6) is 0 Å². The summed E-state index contributed by atoms with van der Waals surface area (Å²) in [7, 11) is -10.7. The SMILES string of the molecule is Cc1ccc(C(C)C)cc1.F[P-](F)(F)(F)(F)F.[Fe+][CH]1C=CC=C1. The molecule has 1 aromatic carbocycles. The minimum absolute atomic E-state index is 0.435. The van der Waals surface area contributed by atoms with Crippen LogP contribution in [0.1, 0.15) is 30.9 Å². The van der Waals surface area contributed by atoms with Crippen LogP contribution in [0.4, 0.5) is 25.2 Å². The summed E-state index contributed by atoms with van der Waals surface area (Å²) >= 11 is 3.76. The summed E-state index contributed by atoms with van der Waals surface area (Å²) in [4.78, 5) is 0.435. The molecule has 0 saturated heterocycles. The van der Waals surface area contributed by atoms with Gasteiger partial charge in [0.2, 0.25) is 0 Å². The van der Waals surface area contributed by atoms with Crippen molar-refractivity contribution in [2.45, 2.75) is 31.5 Å². The third kappa shape index (κ3) is 19.2. The Hall–Kier alpha value is -0.771. The molecule has 0 radical (unpaired) electrons. The zero-order chi connectivity index (χ0) is 18.4. The van der Waals surface area contributed by atoms with Crippen molar-refractivity contribution in [3.63, 3.8) is 0 Å². The molecule has 2 rings (SSSR count). The predicted molar refractivity (Wildman–Crippen MR) is 80.9 cm³/mol. The van der Waals surface area contributed by atoms with Gasteiger partial charge in [-0.3, -0.25) is 0 Å². The second kappa shape index (κ2) is 7.41. The first-order valence-corrected chi connectivity index (χ1v) is 9.32. The molecule has 0 nitrogen and oxygen atoms in total. The van der Waals surface area contributed by atoms with Gasteiger partial charge in [0.05, 0.1) is 0 Å². The van der Waals surface area contributed by atoms with Crippen molar-refractivity contribution in [2.24, 2.45) is 0 Å². The average Bonchev–Trinajstić information content (AvgIpc) is 2.77. The van der Waals surface area contributed by atoms with Crippen molar-refractivity contribution in [3.8, 4) is 0 Å². The Morgan fingerprint density at radius 3 is 1.43 bits per heavy atom. The van der Waals surface area contributed by atoms with Crippen LogP contribution in [0.2, 0.25) is 4.82 Å². The van der Waals surface area contributed by atoms with Crippen LogP contribution in [-0.2, 0) is 16.0 Å². The van der Waals surface area contributed by atoms with Crippen LogP contribution in [0.25, 0.3) is 0 Å². The van der Waals surface area contributed by atoms with Gasteiger partial charge in [-0.15, -0.1) is 0 Å².